The maximum atomic E-state index is 12.1. The highest BCUT2D eigenvalue weighted by atomic mass is 16.2. The summed E-state index contributed by atoms with van der Waals surface area (Å²) in [5, 5.41) is 15.6. The van der Waals surface area contributed by atoms with Crippen molar-refractivity contribution >= 4 is 23.1 Å². The van der Waals surface area contributed by atoms with E-state index in [4.69, 9.17) is 0 Å². The number of nitrogens with one attached hydrogen (secondary N) is 4. The summed E-state index contributed by atoms with van der Waals surface area (Å²) in [7, 11) is 0. The number of aromatic amines is 1. The molecule has 0 unspecified atom stereocenters. The van der Waals surface area contributed by atoms with Gasteiger partial charge in [-0.1, -0.05) is 24.3 Å². The van der Waals surface area contributed by atoms with Gasteiger partial charge in [0.15, 0.2) is 0 Å². The van der Waals surface area contributed by atoms with E-state index in [0.29, 0.717) is 6.54 Å². The first-order valence-corrected chi connectivity index (χ1v) is 7.65. The molecule has 0 aliphatic rings. The first-order valence-electron chi connectivity index (χ1n) is 7.65. The molecule has 0 aliphatic carbocycles. The van der Waals surface area contributed by atoms with Crippen molar-refractivity contribution in [3.8, 4) is 0 Å². The molecule has 0 saturated heterocycles. The van der Waals surface area contributed by atoms with Gasteiger partial charge in [0.2, 0.25) is 0 Å². The predicted octanol–water partition coefficient (Wildman–Crippen LogP) is 3.97. The van der Waals surface area contributed by atoms with Crippen LogP contribution in [0.25, 0.3) is 0 Å². The van der Waals surface area contributed by atoms with Crippen molar-refractivity contribution in [2.45, 2.75) is 13.5 Å². The Kier molecular flexibility index (Phi) is 4.76. The predicted molar refractivity (Wildman–Crippen MR) is 96.2 cm³/mol. The third-order valence-corrected chi connectivity index (χ3v) is 3.46. The van der Waals surface area contributed by atoms with E-state index in [-0.39, 0.29) is 6.03 Å². The molecule has 4 N–H and O–H groups in total. The van der Waals surface area contributed by atoms with Gasteiger partial charge in [-0.05, 0) is 42.3 Å². The van der Waals surface area contributed by atoms with E-state index in [1.807, 2.05) is 55.5 Å². The Balaban J connectivity index is 1.58. The van der Waals surface area contributed by atoms with Gasteiger partial charge >= 0.3 is 6.03 Å². The number of carbonyl (C=O) groups is 1. The summed E-state index contributed by atoms with van der Waals surface area (Å²) >= 11 is 0. The van der Waals surface area contributed by atoms with Crippen molar-refractivity contribution in [3.05, 3.63) is 72.1 Å². The summed E-state index contributed by atoms with van der Waals surface area (Å²) in [6, 6.07) is 15.1. The largest absolute Gasteiger partial charge is 0.378 e. The van der Waals surface area contributed by atoms with E-state index < -0.39 is 0 Å². The zero-order valence-corrected chi connectivity index (χ0v) is 13.3. The second-order valence-electron chi connectivity index (χ2n) is 5.49. The second-order valence-corrected chi connectivity index (χ2v) is 5.49. The number of hydrogen-bond donors (Lipinski definition) is 4. The molecule has 1 heterocycles. The van der Waals surface area contributed by atoms with Crippen LogP contribution in [0, 0.1) is 6.92 Å². The zero-order valence-electron chi connectivity index (χ0n) is 13.3. The number of nitrogens with zero attached hydrogens (tertiary/aromatic N) is 1. The molecule has 0 saturated carbocycles. The summed E-state index contributed by atoms with van der Waals surface area (Å²) in [6.45, 7) is 2.63. The number of hydrogen-bond acceptors (Lipinski definition) is 3. The number of carbonyl (C=O) groups excluding carboxylic acids is 1. The molecule has 0 bridgehead atoms. The third-order valence-electron chi connectivity index (χ3n) is 3.46. The summed E-state index contributed by atoms with van der Waals surface area (Å²) < 4.78 is 0. The molecular formula is C18H19N5O. The quantitative estimate of drug-likeness (QED) is 0.574. The van der Waals surface area contributed by atoms with Gasteiger partial charge < -0.3 is 16.0 Å². The lowest BCUT2D eigenvalue weighted by atomic mass is 10.2. The third kappa shape index (κ3) is 4.36. The Morgan fingerprint density at radius 3 is 2.50 bits per heavy atom. The van der Waals surface area contributed by atoms with Crippen LogP contribution in [0.2, 0.25) is 0 Å². The standard InChI is InChI=1S/C18H19N5O/c1-13-4-2-6-15(8-13)22-18(24)23-16-7-3-5-14(9-16)10-19-17-11-20-21-12-17/h2-9,11-12,19H,10H2,1H3,(H,20,21)(H2,22,23,24). The van der Waals surface area contributed by atoms with E-state index in [1.165, 1.54) is 0 Å². The number of rotatable bonds is 5. The van der Waals surface area contributed by atoms with Crippen molar-refractivity contribution < 1.29 is 4.79 Å². The van der Waals surface area contributed by atoms with Crippen molar-refractivity contribution in [2.75, 3.05) is 16.0 Å². The zero-order chi connectivity index (χ0) is 16.8. The minimum atomic E-state index is -0.263. The van der Waals surface area contributed by atoms with Gasteiger partial charge in [-0.15, -0.1) is 0 Å². The molecule has 24 heavy (non-hydrogen) atoms. The van der Waals surface area contributed by atoms with Gasteiger partial charge in [0.1, 0.15) is 0 Å². The van der Waals surface area contributed by atoms with Crippen molar-refractivity contribution in [1.82, 2.24) is 10.2 Å². The molecule has 122 valence electrons. The van der Waals surface area contributed by atoms with Crippen LogP contribution in [0.1, 0.15) is 11.1 Å². The van der Waals surface area contributed by atoms with Gasteiger partial charge in [0, 0.05) is 24.1 Å². The van der Waals surface area contributed by atoms with Crippen LogP contribution in [-0.2, 0) is 6.54 Å². The Morgan fingerprint density at radius 2 is 1.79 bits per heavy atom. The molecule has 3 rings (SSSR count). The lowest BCUT2D eigenvalue weighted by molar-refractivity contribution is 0.262. The van der Waals surface area contributed by atoms with Crippen LogP contribution in [0.3, 0.4) is 0 Å². The molecule has 0 atom stereocenters. The summed E-state index contributed by atoms with van der Waals surface area (Å²) in [5.74, 6) is 0. The molecule has 2 amide bonds. The Bertz CT molecular complexity index is 814. The van der Waals surface area contributed by atoms with Gasteiger partial charge in [-0.3, -0.25) is 5.10 Å². The molecule has 2 aromatic carbocycles. The molecule has 0 aliphatic heterocycles. The molecule has 6 nitrogen and oxygen atoms in total. The maximum absolute atomic E-state index is 12.1. The van der Waals surface area contributed by atoms with Crippen LogP contribution >= 0.6 is 0 Å². The lowest BCUT2D eigenvalue weighted by Crippen LogP contribution is -2.19. The number of H-pyrrole nitrogens is 1. The Labute approximate surface area is 140 Å². The SMILES string of the molecule is Cc1cccc(NC(=O)Nc2cccc(CNc3cn[nH]c3)c2)c1. The first-order chi connectivity index (χ1) is 11.7. The Morgan fingerprint density at radius 1 is 1.04 bits per heavy atom. The van der Waals surface area contributed by atoms with Crippen molar-refractivity contribution in [2.24, 2.45) is 0 Å². The molecule has 3 aromatic rings. The smallest absolute Gasteiger partial charge is 0.323 e. The van der Waals surface area contributed by atoms with Crippen molar-refractivity contribution in [3.63, 3.8) is 0 Å². The van der Waals surface area contributed by atoms with E-state index >= 15 is 0 Å². The monoisotopic (exact) mass is 321 g/mol. The highest BCUT2D eigenvalue weighted by Gasteiger charge is 2.04. The molecule has 1 aromatic heterocycles. The molecule has 0 radical (unpaired) electrons. The van der Waals surface area contributed by atoms with E-state index in [1.54, 1.807) is 12.4 Å². The number of aromatic nitrogens is 2. The number of aryl methyl sites for hydroxylation is 1. The minimum absolute atomic E-state index is 0.263. The van der Waals surface area contributed by atoms with Gasteiger partial charge in [-0.25, -0.2) is 4.79 Å². The summed E-state index contributed by atoms with van der Waals surface area (Å²) in [5.41, 5.74) is 4.59. The number of urea groups is 1. The maximum Gasteiger partial charge on any atom is 0.323 e. The molecule has 6 heteroatoms. The van der Waals surface area contributed by atoms with Crippen LogP contribution in [0.15, 0.2) is 60.9 Å². The Hall–Kier alpha value is -3.28. The average molecular weight is 321 g/mol. The van der Waals surface area contributed by atoms with Gasteiger partial charge in [-0.2, -0.15) is 5.10 Å². The lowest BCUT2D eigenvalue weighted by Gasteiger charge is -2.10. The van der Waals surface area contributed by atoms with E-state index in [9.17, 15) is 4.79 Å². The minimum Gasteiger partial charge on any atom is -0.378 e. The second kappa shape index (κ2) is 7.32. The molecule has 0 spiro atoms. The summed E-state index contributed by atoms with van der Waals surface area (Å²) in [6.07, 6.45) is 3.51. The normalized spacial score (nSPS) is 10.2. The van der Waals surface area contributed by atoms with E-state index in [2.05, 4.69) is 26.1 Å². The van der Waals surface area contributed by atoms with Crippen LogP contribution in [0.5, 0.6) is 0 Å². The van der Waals surface area contributed by atoms with Crippen LogP contribution < -0.4 is 16.0 Å². The van der Waals surface area contributed by atoms with Crippen molar-refractivity contribution in [1.29, 1.82) is 0 Å². The highest BCUT2D eigenvalue weighted by molar-refractivity contribution is 5.99. The summed E-state index contributed by atoms with van der Waals surface area (Å²) in [4.78, 5) is 12.1. The average Bonchev–Trinajstić information content (AvgIpc) is 3.06. The fourth-order valence-corrected chi connectivity index (χ4v) is 2.33. The highest BCUT2D eigenvalue weighted by Crippen LogP contribution is 2.14. The van der Waals surface area contributed by atoms with Crippen LogP contribution in [0.4, 0.5) is 21.9 Å². The number of benzene rings is 2. The van der Waals surface area contributed by atoms with Crippen LogP contribution in [-0.4, -0.2) is 16.2 Å². The molecule has 0 fully saturated rings. The fourth-order valence-electron chi connectivity index (χ4n) is 2.33. The van der Waals surface area contributed by atoms with E-state index in [0.717, 1.165) is 28.2 Å². The van der Waals surface area contributed by atoms with Gasteiger partial charge in [0.05, 0.1) is 11.9 Å². The number of amides is 2. The topological polar surface area (TPSA) is 81.8 Å². The number of anilines is 3. The first kappa shape index (κ1) is 15.6. The fraction of sp³-hybridized carbons (Fsp3) is 0.111. The molecular weight excluding hydrogens is 302 g/mol. The van der Waals surface area contributed by atoms with Gasteiger partial charge in [0.25, 0.3) is 0 Å².